The van der Waals surface area contributed by atoms with Crippen LogP contribution in [0.4, 0.5) is 4.79 Å². The smallest absolute Gasteiger partial charge is 0.408 e. The fraction of sp³-hybridized carbons (Fsp3) is 0.333. The van der Waals surface area contributed by atoms with Gasteiger partial charge in [0.25, 0.3) is 0 Å². The Labute approximate surface area is 120 Å². The molecular formula is C12H16NO7P. The highest BCUT2D eigenvalue weighted by Gasteiger charge is 2.24. The quantitative estimate of drug-likeness (QED) is 0.550. The highest BCUT2D eigenvalue weighted by atomic mass is 31.2. The van der Waals surface area contributed by atoms with Crippen LogP contribution in [0.3, 0.4) is 0 Å². The second kappa shape index (κ2) is 7.78. The molecule has 0 heterocycles. The fourth-order valence-corrected chi connectivity index (χ4v) is 2.06. The van der Waals surface area contributed by atoms with Crippen molar-refractivity contribution in [3.05, 3.63) is 35.9 Å². The number of carbonyl (C=O) groups is 2. The van der Waals surface area contributed by atoms with Gasteiger partial charge in [0, 0.05) is 0 Å². The van der Waals surface area contributed by atoms with Gasteiger partial charge in [-0.15, -0.1) is 0 Å². The van der Waals surface area contributed by atoms with Gasteiger partial charge in [-0.25, -0.2) is 9.59 Å². The Balaban J connectivity index is 2.45. The SMILES string of the molecule is O=C(N[C@H](CCP(=O)(O)O)C(=O)O)OCc1ccccc1. The van der Waals surface area contributed by atoms with Gasteiger partial charge in [0.1, 0.15) is 12.6 Å². The first-order valence-electron chi connectivity index (χ1n) is 6.02. The molecule has 0 bridgehead atoms. The lowest BCUT2D eigenvalue weighted by Crippen LogP contribution is -2.41. The van der Waals surface area contributed by atoms with Gasteiger partial charge in [-0.05, 0) is 12.0 Å². The van der Waals surface area contributed by atoms with Crippen molar-refractivity contribution in [2.24, 2.45) is 0 Å². The van der Waals surface area contributed by atoms with Crippen LogP contribution in [-0.2, 0) is 20.7 Å². The summed E-state index contributed by atoms with van der Waals surface area (Å²) in [7, 11) is -4.32. The largest absolute Gasteiger partial charge is 0.480 e. The molecule has 8 nitrogen and oxygen atoms in total. The molecule has 0 saturated heterocycles. The van der Waals surface area contributed by atoms with E-state index in [1.165, 1.54) is 0 Å². The Kier molecular flexibility index (Phi) is 6.36. The third-order valence-corrected chi connectivity index (χ3v) is 3.35. The molecule has 1 aromatic rings. The van der Waals surface area contributed by atoms with E-state index in [0.717, 1.165) is 5.56 Å². The van der Waals surface area contributed by atoms with Crippen molar-refractivity contribution in [3.63, 3.8) is 0 Å². The number of carboxylic acids is 1. The second-order valence-electron chi connectivity index (χ2n) is 4.27. The molecule has 1 aromatic carbocycles. The summed E-state index contributed by atoms with van der Waals surface area (Å²) in [6.07, 6.45) is -1.99. The standard InChI is InChI=1S/C12H16NO7P/c14-11(15)10(6-7-21(17,18)19)13-12(16)20-8-9-4-2-1-3-5-9/h1-5,10H,6-8H2,(H,13,16)(H,14,15)(H2,17,18,19)/t10-/m1/s1. The molecule has 1 amide bonds. The van der Waals surface area contributed by atoms with Gasteiger partial charge < -0.3 is 24.9 Å². The van der Waals surface area contributed by atoms with Crippen LogP contribution >= 0.6 is 7.60 Å². The highest BCUT2D eigenvalue weighted by molar-refractivity contribution is 7.51. The minimum absolute atomic E-state index is 0.0303. The van der Waals surface area contributed by atoms with Crippen molar-refractivity contribution in [3.8, 4) is 0 Å². The first kappa shape index (κ1) is 17.2. The summed E-state index contributed by atoms with van der Waals surface area (Å²) < 4.78 is 15.5. The minimum atomic E-state index is -4.32. The average Bonchev–Trinajstić information content (AvgIpc) is 2.41. The van der Waals surface area contributed by atoms with Gasteiger partial charge in [-0.3, -0.25) is 4.57 Å². The van der Waals surface area contributed by atoms with E-state index in [2.05, 4.69) is 5.32 Å². The number of aliphatic carboxylic acids is 1. The van der Waals surface area contributed by atoms with E-state index in [9.17, 15) is 14.2 Å². The molecule has 9 heteroatoms. The van der Waals surface area contributed by atoms with E-state index in [1.807, 2.05) is 0 Å². The zero-order chi connectivity index (χ0) is 15.9. The summed E-state index contributed by atoms with van der Waals surface area (Å²) in [4.78, 5) is 39.8. The van der Waals surface area contributed by atoms with Gasteiger partial charge in [0.15, 0.2) is 0 Å². The molecule has 0 aliphatic carbocycles. The van der Waals surface area contributed by atoms with Crippen LogP contribution in [0.2, 0.25) is 0 Å². The topological polar surface area (TPSA) is 133 Å². The Morgan fingerprint density at radius 3 is 2.38 bits per heavy atom. The van der Waals surface area contributed by atoms with Crippen molar-refractivity contribution in [2.75, 3.05) is 6.16 Å². The number of ether oxygens (including phenoxy) is 1. The zero-order valence-electron chi connectivity index (χ0n) is 11.0. The van der Waals surface area contributed by atoms with Crippen molar-refractivity contribution in [1.82, 2.24) is 5.32 Å². The van der Waals surface area contributed by atoms with Crippen LogP contribution in [0.5, 0.6) is 0 Å². The van der Waals surface area contributed by atoms with Crippen LogP contribution in [-0.4, -0.2) is 39.2 Å². The van der Waals surface area contributed by atoms with Crippen LogP contribution in [0, 0.1) is 0 Å². The van der Waals surface area contributed by atoms with Gasteiger partial charge in [-0.1, -0.05) is 30.3 Å². The molecule has 0 saturated carbocycles. The fourth-order valence-electron chi connectivity index (χ4n) is 1.46. The second-order valence-corrected chi connectivity index (χ2v) is 6.05. The summed E-state index contributed by atoms with van der Waals surface area (Å²) in [5.74, 6) is -1.39. The Hall–Kier alpha value is -1.89. The maximum atomic E-state index is 11.5. The van der Waals surface area contributed by atoms with Crippen molar-refractivity contribution >= 4 is 19.7 Å². The van der Waals surface area contributed by atoms with Crippen LogP contribution < -0.4 is 5.32 Å². The van der Waals surface area contributed by atoms with Gasteiger partial charge in [0.2, 0.25) is 0 Å². The van der Waals surface area contributed by atoms with Crippen LogP contribution in [0.25, 0.3) is 0 Å². The maximum absolute atomic E-state index is 11.5. The minimum Gasteiger partial charge on any atom is -0.480 e. The molecular weight excluding hydrogens is 301 g/mol. The number of hydrogen-bond acceptors (Lipinski definition) is 4. The third-order valence-electron chi connectivity index (χ3n) is 2.51. The van der Waals surface area contributed by atoms with Gasteiger partial charge >= 0.3 is 19.7 Å². The van der Waals surface area contributed by atoms with E-state index >= 15 is 0 Å². The summed E-state index contributed by atoms with van der Waals surface area (Å²) in [5.41, 5.74) is 0.731. The van der Waals surface area contributed by atoms with E-state index in [-0.39, 0.29) is 13.0 Å². The monoisotopic (exact) mass is 317 g/mol. The highest BCUT2D eigenvalue weighted by Crippen LogP contribution is 2.35. The van der Waals surface area contributed by atoms with Crippen LogP contribution in [0.15, 0.2) is 30.3 Å². The molecule has 0 fully saturated rings. The van der Waals surface area contributed by atoms with Crippen molar-refractivity contribution in [2.45, 2.75) is 19.1 Å². The number of rotatable bonds is 7. The summed E-state index contributed by atoms with van der Waals surface area (Å²) in [5, 5.41) is 10.9. The summed E-state index contributed by atoms with van der Waals surface area (Å²) >= 11 is 0. The van der Waals surface area contributed by atoms with E-state index in [0.29, 0.717) is 0 Å². The molecule has 4 N–H and O–H groups in total. The molecule has 0 aromatic heterocycles. The number of alkyl carbamates (subject to hydrolysis) is 1. The lowest BCUT2D eigenvalue weighted by molar-refractivity contribution is -0.139. The van der Waals surface area contributed by atoms with E-state index in [4.69, 9.17) is 19.6 Å². The normalized spacial score (nSPS) is 12.5. The molecule has 0 aliphatic rings. The number of amides is 1. The predicted octanol–water partition coefficient (Wildman–Crippen LogP) is 0.934. The molecule has 116 valence electrons. The third kappa shape index (κ3) is 7.45. The van der Waals surface area contributed by atoms with Gasteiger partial charge in [-0.2, -0.15) is 0 Å². The summed E-state index contributed by atoms with van der Waals surface area (Å²) in [6.45, 7) is -0.0303. The molecule has 0 unspecified atom stereocenters. The zero-order valence-corrected chi connectivity index (χ0v) is 11.9. The molecule has 0 radical (unpaired) electrons. The maximum Gasteiger partial charge on any atom is 0.408 e. The van der Waals surface area contributed by atoms with Gasteiger partial charge in [0.05, 0.1) is 6.16 Å². The molecule has 1 atom stereocenters. The Bertz CT molecular complexity index is 528. The Morgan fingerprint density at radius 1 is 1.24 bits per heavy atom. The first-order chi connectivity index (χ1) is 9.78. The average molecular weight is 317 g/mol. The predicted molar refractivity (Wildman–Crippen MR) is 72.7 cm³/mol. The molecule has 0 spiro atoms. The molecule has 1 rings (SSSR count). The van der Waals surface area contributed by atoms with E-state index < -0.39 is 31.9 Å². The molecule has 0 aliphatic heterocycles. The Morgan fingerprint density at radius 2 is 1.86 bits per heavy atom. The summed E-state index contributed by atoms with van der Waals surface area (Å²) in [6, 6.07) is 7.37. The lowest BCUT2D eigenvalue weighted by atomic mass is 10.2. The number of carbonyl (C=O) groups excluding carboxylic acids is 1. The lowest BCUT2D eigenvalue weighted by Gasteiger charge is -2.14. The number of benzene rings is 1. The van der Waals surface area contributed by atoms with Crippen molar-refractivity contribution < 1.29 is 33.8 Å². The molecule has 21 heavy (non-hydrogen) atoms. The number of nitrogens with one attached hydrogen (secondary N) is 1. The number of hydrogen-bond donors (Lipinski definition) is 4. The van der Waals surface area contributed by atoms with E-state index in [1.54, 1.807) is 30.3 Å². The van der Waals surface area contributed by atoms with Crippen molar-refractivity contribution in [1.29, 1.82) is 0 Å². The van der Waals surface area contributed by atoms with Crippen LogP contribution in [0.1, 0.15) is 12.0 Å². The first-order valence-corrected chi connectivity index (χ1v) is 7.82. The number of carboxylic acid groups (broad SMARTS) is 1.